The summed E-state index contributed by atoms with van der Waals surface area (Å²) in [5, 5.41) is 12.3. The van der Waals surface area contributed by atoms with Gasteiger partial charge in [0.15, 0.2) is 5.82 Å². The zero-order valence-electron chi connectivity index (χ0n) is 14.4. The number of hydrogen-bond acceptors (Lipinski definition) is 5. The summed E-state index contributed by atoms with van der Waals surface area (Å²) in [5.74, 6) is 0.639. The Bertz CT molecular complexity index is 909. The number of carbonyl (C=O) groups is 1. The van der Waals surface area contributed by atoms with Crippen LogP contribution in [0.1, 0.15) is 33.4 Å². The second-order valence-electron chi connectivity index (χ2n) is 6.16. The number of hydrogen-bond donors (Lipinski definition) is 0. The van der Waals surface area contributed by atoms with Crippen molar-refractivity contribution in [2.24, 2.45) is 0 Å². The number of amides is 1. The van der Waals surface area contributed by atoms with Crippen molar-refractivity contribution in [1.29, 1.82) is 0 Å². The van der Waals surface area contributed by atoms with E-state index in [2.05, 4.69) is 15.5 Å². The Balaban J connectivity index is 1.73. The van der Waals surface area contributed by atoms with Gasteiger partial charge in [-0.25, -0.2) is 4.68 Å². The van der Waals surface area contributed by atoms with Crippen LogP contribution in [-0.2, 0) is 11.3 Å². The monoisotopic (exact) mass is 349 g/mol. The third-order valence-corrected chi connectivity index (χ3v) is 4.57. The predicted octanol–water partition coefficient (Wildman–Crippen LogP) is 1.91. The van der Waals surface area contributed by atoms with Crippen LogP contribution in [0.3, 0.4) is 0 Å². The van der Waals surface area contributed by atoms with Crippen molar-refractivity contribution in [3.63, 3.8) is 0 Å². The maximum Gasteiger partial charge on any atom is 0.255 e. The number of aromatic nitrogens is 4. The van der Waals surface area contributed by atoms with Gasteiger partial charge in [0, 0.05) is 19.2 Å². The first-order chi connectivity index (χ1) is 12.8. The average molecular weight is 349 g/mol. The van der Waals surface area contributed by atoms with Crippen molar-refractivity contribution in [2.45, 2.75) is 12.6 Å². The second-order valence-corrected chi connectivity index (χ2v) is 6.16. The van der Waals surface area contributed by atoms with Crippen LogP contribution in [0.5, 0.6) is 0 Å². The van der Waals surface area contributed by atoms with E-state index in [4.69, 9.17) is 4.74 Å². The van der Waals surface area contributed by atoms with E-state index in [0.29, 0.717) is 31.1 Å². The Morgan fingerprint density at radius 1 is 1.08 bits per heavy atom. The van der Waals surface area contributed by atoms with E-state index in [9.17, 15) is 4.79 Å². The highest BCUT2D eigenvalue weighted by molar-refractivity contribution is 5.99. The maximum atomic E-state index is 12.9. The molecule has 1 aromatic heterocycles. The molecule has 0 bridgehead atoms. The highest BCUT2D eigenvalue weighted by Crippen LogP contribution is 2.37. The Morgan fingerprint density at radius 3 is 2.65 bits per heavy atom. The Hall–Kier alpha value is -3.06. The van der Waals surface area contributed by atoms with Crippen molar-refractivity contribution < 1.29 is 9.53 Å². The fourth-order valence-electron chi connectivity index (χ4n) is 3.35. The van der Waals surface area contributed by atoms with E-state index in [1.54, 1.807) is 16.7 Å². The number of tetrazole rings is 1. The van der Waals surface area contributed by atoms with E-state index in [0.717, 1.165) is 11.1 Å². The van der Waals surface area contributed by atoms with Gasteiger partial charge < -0.3 is 9.64 Å². The number of benzene rings is 2. The molecule has 2 aromatic carbocycles. The number of carbonyl (C=O) groups excluding carboxylic acids is 1. The molecule has 3 aromatic rings. The lowest BCUT2D eigenvalue weighted by Gasteiger charge is -2.24. The summed E-state index contributed by atoms with van der Waals surface area (Å²) in [4.78, 5) is 14.6. The van der Waals surface area contributed by atoms with Gasteiger partial charge in [-0.05, 0) is 27.6 Å². The van der Waals surface area contributed by atoms with Crippen LogP contribution < -0.4 is 0 Å². The average Bonchev–Trinajstić information content (AvgIpc) is 3.23. The Kier molecular flexibility index (Phi) is 4.45. The first-order valence-corrected chi connectivity index (χ1v) is 8.48. The predicted molar refractivity (Wildman–Crippen MR) is 94.6 cm³/mol. The number of rotatable bonds is 6. The van der Waals surface area contributed by atoms with Gasteiger partial charge in [-0.2, -0.15) is 0 Å². The molecule has 1 aliphatic heterocycles. The Labute approximate surface area is 151 Å². The minimum atomic E-state index is -0.312. The molecule has 1 amide bonds. The Morgan fingerprint density at radius 2 is 1.85 bits per heavy atom. The van der Waals surface area contributed by atoms with Crippen LogP contribution >= 0.6 is 0 Å². The van der Waals surface area contributed by atoms with Crippen molar-refractivity contribution in [3.05, 3.63) is 77.1 Å². The maximum absolute atomic E-state index is 12.9. The zero-order chi connectivity index (χ0) is 17.9. The largest absolute Gasteiger partial charge is 0.383 e. The van der Waals surface area contributed by atoms with E-state index >= 15 is 0 Å². The molecule has 0 spiro atoms. The molecule has 4 rings (SSSR count). The number of ether oxygens (including phenoxy) is 1. The summed E-state index contributed by atoms with van der Waals surface area (Å²) >= 11 is 0. The van der Waals surface area contributed by atoms with E-state index < -0.39 is 0 Å². The number of nitrogens with zero attached hydrogens (tertiary/aromatic N) is 5. The van der Waals surface area contributed by atoms with Crippen molar-refractivity contribution >= 4 is 5.91 Å². The zero-order valence-corrected chi connectivity index (χ0v) is 14.4. The minimum Gasteiger partial charge on any atom is -0.383 e. The molecular weight excluding hydrogens is 330 g/mol. The molecule has 1 aliphatic rings. The molecule has 1 unspecified atom stereocenters. The molecule has 2 heterocycles. The lowest BCUT2D eigenvalue weighted by molar-refractivity contribution is 0.0673. The minimum absolute atomic E-state index is 0.0167. The van der Waals surface area contributed by atoms with E-state index in [-0.39, 0.29) is 11.9 Å². The van der Waals surface area contributed by atoms with Crippen LogP contribution in [0, 0.1) is 0 Å². The molecule has 0 radical (unpaired) electrons. The van der Waals surface area contributed by atoms with Gasteiger partial charge in [0.2, 0.25) is 0 Å². The van der Waals surface area contributed by atoms with Crippen LogP contribution in [-0.4, -0.2) is 51.3 Å². The van der Waals surface area contributed by atoms with Crippen LogP contribution in [0.2, 0.25) is 0 Å². The highest BCUT2D eigenvalue weighted by atomic mass is 16.5. The van der Waals surface area contributed by atoms with Crippen LogP contribution in [0.15, 0.2) is 54.6 Å². The van der Waals surface area contributed by atoms with Gasteiger partial charge in [-0.3, -0.25) is 4.79 Å². The summed E-state index contributed by atoms with van der Waals surface area (Å²) in [7, 11) is 1.63. The SMILES string of the molecule is COCCN1C(=O)c2ccccc2C1c1nnnn1Cc1ccccc1. The smallest absolute Gasteiger partial charge is 0.255 e. The number of methoxy groups -OCH3 is 1. The molecule has 0 saturated heterocycles. The molecular formula is C19H19N5O2. The van der Waals surface area contributed by atoms with Gasteiger partial charge in [0.25, 0.3) is 5.91 Å². The third-order valence-electron chi connectivity index (χ3n) is 4.57. The van der Waals surface area contributed by atoms with E-state index in [1.165, 1.54) is 0 Å². The lowest BCUT2D eigenvalue weighted by Crippen LogP contribution is -2.33. The third kappa shape index (κ3) is 2.86. The van der Waals surface area contributed by atoms with Crippen LogP contribution in [0.25, 0.3) is 0 Å². The highest BCUT2D eigenvalue weighted by Gasteiger charge is 2.40. The quantitative estimate of drug-likeness (QED) is 0.680. The first kappa shape index (κ1) is 16.4. The molecule has 132 valence electrons. The first-order valence-electron chi connectivity index (χ1n) is 8.48. The molecule has 7 nitrogen and oxygen atoms in total. The molecule has 0 aliphatic carbocycles. The summed E-state index contributed by atoms with van der Waals surface area (Å²) in [6, 6.07) is 17.3. The van der Waals surface area contributed by atoms with Gasteiger partial charge in [0.1, 0.15) is 6.04 Å². The van der Waals surface area contributed by atoms with Gasteiger partial charge in [-0.1, -0.05) is 48.5 Å². The van der Waals surface area contributed by atoms with Crippen molar-refractivity contribution in [3.8, 4) is 0 Å². The fourth-order valence-corrected chi connectivity index (χ4v) is 3.35. The van der Waals surface area contributed by atoms with Crippen molar-refractivity contribution in [1.82, 2.24) is 25.1 Å². The van der Waals surface area contributed by atoms with Gasteiger partial charge >= 0.3 is 0 Å². The van der Waals surface area contributed by atoms with Gasteiger partial charge in [-0.15, -0.1) is 5.10 Å². The summed E-state index contributed by atoms with van der Waals surface area (Å²) in [5.41, 5.74) is 2.72. The number of fused-ring (bicyclic) bond motifs is 1. The standard InChI is InChI=1S/C19H19N5O2/c1-26-12-11-23-17(15-9-5-6-10-16(15)19(23)25)18-20-21-22-24(18)13-14-7-3-2-4-8-14/h2-10,17H,11-13H2,1H3. The topological polar surface area (TPSA) is 73.1 Å². The second kappa shape index (κ2) is 7.05. The summed E-state index contributed by atoms with van der Waals surface area (Å²) in [6.07, 6.45) is 0. The summed E-state index contributed by atoms with van der Waals surface area (Å²) < 4.78 is 6.95. The van der Waals surface area contributed by atoms with Crippen LogP contribution in [0.4, 0.5) is 0 Å². The van der Waals surface area contributed by atoms with Gasteiger partial charge in [0.05, 0.1) is 13.2 Å². The molecule has 26 heavy (non-hydrogen) atoms. The fraction of sp³-hybridized carbons (Fsp3) is 0.263. The molecule has 0 saturated carbocycles. The molecule has 1 atom stereocenters. The molecule has 0 fully saturated rings. The lowest BCUT2D eigenvalue weighted by atomic mass is 10.0. The van der Waals surface area contributed by atoms with E-state index in [1.807, 2.05) is 54.6 Å². The summed E-state index contributed by atoms with van der Waals surface area (Å²) in [6.45, 7) is 1.48. The molecule has 7 heteroatoms. The van der Waals surface area contributed by atoms with Crippen molar-refractivity contribution in [2.75, 3.05) is 20.3 Å². The molecule has 0 N–H and O–H groups in total. The normalized spacial score (nSPS) is 16.1.